The van der Waals surface area contributed by atoms with Gasteiger partial charge in [0.2, 0.25) is 21.8 Å². The first kappa shape index (κ1) is 30.0. The smallest absolute Gasteiger partial charge is 0.244 e. The Kier molecular flexibility index (Phi) is 10.4. The highest BCUT2D eigenvalue weighted by atomic mass is 35.5. The van der Waals surface area contributed by atoms with Crippen LogP contribution in [0.1, 0.15) is 23.6 Å². The number of nitrogens with one attached hydrogen (secondary N) is 1. The van der Waals surface area contributed by atoms with Crippen molar-refractivity contribution in [2.75, 3.05) is 30.8 Å². The maximum absolute atomic E-state index is 14.0. The number of carbonyl (C=O) groups excluding carboxylic acids is 2. The molecule has 3 aromatic carbocycles. The largest absolute Gasteiger partial charge is 0.495 e. The molecule has 0 aliphatic heterocycles. The normalized spacial score (nSPS) is 11.9. The van der Waals surface area contributed by atoms with Crippen LogP contribution in [0.25, 0.3) is 0 Å². The topological polar surface area (TPSA) is 96.0 Å². The van der Waals surface area contributed by atoms with Gasteiger partial charge in [0.1, 0.15) is 18.3 Å². The summed E-state index contributed by atoms with van der Waals surface area (Å²) in [5.74, 6) is -0.468. The van der Waals surface area contributed by atoms with Gasteiger partial charge in [0.25, 0.3) is 0 Å². The zero-order valence-corrected chi connectivity index (χ0v) is 24.1. The summed E-state index contributed by atoms with van der Waals surface area (Å²) >= 11 is 6.27. The van der Waals surface area contributed by atoms with E-state index >= 15 is 0 Å². The number of halogens is 1. The molecule has 0 aliphatic rings. The molecule has 0 spiro atoms. The van der Waals surface area contributed by atoms with Crippen molar-refractivity contribution < 1.29 is 22.7 Å². The molecule has 3 aromatic rings. The van der Waals surface area contributed by atoms with E-state index in [1.54, 1.807) is 6.07 Å². The van der Waals surface area contributed by atoms with Crippen molar-refractivity contribution in [3.63, 3.8) is 0 Å². The SMILES string of the molecule is CCNC(=O)[C@@H](Cc1ccccc1)N(Cc1ccccc1C)C(=O)CN(c1ccc(OC)c(Cl)c1)S(C)(=O)=O. The van der Waals surface area contributed by atoms with E-state index in [1.807, 2.05) is 68.4 Å². The van der Waals surface area contributed by atoms with Gasteiger partial charge in [-0.3, -0.25) is 13.9 Å². The molecule has 1 atom stereocenters. The van der Waals surface area contributed by atoms with Gasteiger partial charge >= 0.3 is 0 Å². The number of likely N-dealkylation sites (N-methyl/N-ethyl adjacent to an activating group) is 1. The third-order valence-corrected chi connectivity index (χ3v) is 7.76. The fourth-order valence-electron chi connectivity index (χ4n) is 4.24. The summed E-state index contributed by atoms with van der Waals surface area (Å²) in [6.45, 7) is 3.73. The van der Waals surface area contributed by atoms with E-state index in [9.17, 15) is 18.0 Å². The van der Waals surface area contributed by atoms with Crippen molar-refractivity contribution in [1.82, 2.24) is 10.2 Å². The number of aryl methyl sites for hydroxylation is 1. The molecule has 2 amide bonds. The van der Waals surface area contributed by atoms with E-state index in [0.717, 1.165) is 27.3 Å². The third kappa shape index (κ3) is 7.97. The van der Waals surface area contributed by atoms with Crippen molar-refractivity contribution in [1.29, 1.82) is 0 Å². The number of anilines is 1. The minimum Gasteiger partial charge on any atom is -0.495 e. The molecular formula is C29H34ClN3O5S. The zero-order valence-electron chi connectivity index (χ0n) is 22.6. The minimum absolute atomic E-state index is 0.126. The molecular weight excluding hydrogens is 538 g/mol. The van der Waals surface area contributed by atoms with E-state index in [2.05, 4.69) is 5.32 Å². The summed E-state index contributed by atoms with van der Waals surface area (Å²) in [6, 6.07) is 20.6. The molecule has 3 rings (SSSR count). The number of carbonyl (C=O) groups is 2. The van der Waals surface area contributed by atoms with Gasteiger partial charge in [-0.2, -0.15) is 0 Å². The van der Waals surface area contributed by atoms with Crippen LogP contribution in [0, 0.1) is 6.92 Å². The Labute approximate surface area is 235 Å². The summed E-state index contributed by atoms with van der Waals surface area (Å²) < 4.78 is 31.9. The highest BCUT2D eigenvalue weighted by Gasteiger charge is 2.33. The van der Waals surface area contributed by atoms with Gasteiger partial charge in [0.05, 0.1) is 24.1 Å². The Hall–Kier alpha value is -3.56. The Balaban J connectivity index is 2.06. The maximum atomic E-state index is 14.0. The Morgan fingerprint density at radius 3 is 2.28 bits per heavy atom. The summed E-state index contributed by atoms with van der Waals surface area (Å²) in [4.78, 5) is 28.9. The second-order valence-corrected chi connectivity index (χ2v) is 11.5. The van der Waals surface area contributed by atoms with Crippen LogP contribution in [0.3, 0.4) is 0 Å². The third-order valence-electron chi connectivity index (χ3n) is 6.33. The molecule has 208 valence electrons. The molecule has 0 heterocycles. The van der Waals surface area contributed by atoms with Crippen LogP contribution in [0.15, 0.2) is 72.8 Å². The monoisotopic (exact) mass is 571 g/mol. The Morgan fingerprint density at radius 2 is 1.69 bits per heavy atom. The van der Waals surface area contributed by atoms with Gasteiger partial charge in [-0.1, -0.05) is 66.2 Å². The van der Waals surface area contributed by atoms with E-state index in [1.165, 1.54) is 24.1 Å². The van der Waals surface area contributed by atoms with Crippen molar-refractivity contribution >= 4 is 39.1 Å². The number of benzene rings is 3. The number of ether oxygens (including phenoxy) is 1. The Bertz CT molecular complexity index is 1400. The molecule has 0 fully saturated rings. The van der Waals surface area contributed by atoms with E-state index in [-0.39, 0.29) is 29.6 Å². The summed E-state index contributed by atoms with van der Waals surface area (Å²) in [7, 11) is -2.44. The highest BCUT2D eigenvalue weighted by molar-refractivity contribution is 7.92. The minimum atomic E-state index is -3.89. The second-order valence-electron chi connectivity index (χ2n) is 9.14. The highest BCUT2D eigenvalue weighted by Crippen LogP contribution is 2.30. The molecule has 0 radical (unpaired) electrons. The fourth-order valence-corrected chi connectivity index (χ4v) is 5.33. The molecule has 0 unspecified atom stereocenters. The molecule has 8 nitrogen and oxygen atoms in total. The lowest BCUT2D eigenvalue weighted by molar-refractivity contribution is -0.140. The predicted molar refractivity (Wildman–Crippen MR) is 155 cm³/mol. The van der Waals surface area contributed by atoms with Gasteiger partial charge in [-0.05, 0) is 48.7 Å². The summed E-state index contributed by atoms with van der Waals surface area (Å²) in [5, 5.41) is 3.05. The van der Waals surface area contributed by atoms with Crippen molar-refractivity contribution in [3.05, 3.63) is 94.5 Å². The molecule has 39 heavy (non-hydrogen) atoms. The number of rotatable bonds is 12. The van der Waals surface area contributed by atoms with E-state index in [0.29, 0.717) is 12.3 Å². The number of sulfonamides is 1. The summed E-state index contributed by atoms with van der Waals surface area (Å²) in [6.07, 6.45) is 1.28. The van der Waals surface area contributed by atoms with Crippen LogP contribution in [-0.2, 0) is 32.6 Å². The quantitative estimate of drug-likeness (QED) is 0.351. The lowest BCUT2D eigenvalue weighted by Crippen LogP contribution is -2.53. The van der Waals surface area contributed by atoms with Crippen LogP contribution < -0.4 is 14.4 Å². The predicted octanol–water partition coefficient (Wildman–Crippen LogP) is 4.20. The number of nitrogens with zero attached hydrogens (tertiary/aromatic N) is 2. The molecule has 0 aliphatic carbocycles. The lowest BCUT2D eigenvalue weighted by Gasteiger charge is -2.33. The molecule has 1 N–H and O–H groups in total. The maximum Gasteiger partial charge on any atom is 0.244 e. The number of amides is 2. The van der Waals surface area contributed by atoms with Crippen LogP contribution in [0.4, 0.5) is 5.69 Å². The number of hydrogen-bond acceptors (Lipinski definition) is 5. The summed E-state index contributed by atoms with van der Waals surface area (Å²) in [5.41, 5.74) is 2.89. The standard InChI is InChI=1S/C29H34ClN3O5S/c1-5-31-29(35)26(17-22-12-7-6-8-13-22)32(19-23-14-10-9-11-21(23)2)28(34)20-33(39(4,36)37)24-15-16-27(38-3)25(30)18-24/h6-16,18,26H,5,17,19-20H2,1-4H3,(H,31,35)/t26-/m1/s1. The molecule has 0 bridgehead atoms. The number of methoxy groups -OCH3 is 1. The van der Waals surface area contributed by atoms with Crippen molar-refractivity contribution in [3.8, 4) is 5.75 Å². The second kappa shape index (κ2) is 13.5. The average Bonchev–Trinajstić information content (AvgIpc) is 2.90. The van der Waals surface area contributed by atoms with Gasteiger partial charge in [0.15, 0.2) is 0 Å². The fraction of sp³-hybridized carbons (Fsp3) is 0.310. The average molecular weight is 572 g/mol. The van der Waals surface area contributed by atoms with E-state index in [4.69, 9.17) is 16.3 Å². The Morgan fingerprint density at radius 1 is 1.03 bits per heavy atom. The lowest BCUT2D eigenvalue weighted by atomic mass is 10.0. The zero-order chi connectivity index (χ0) is 28.6. The van der Waals surface area contributed by atoms with Crippen LogP contribution >= 0.6 is 11.6 Å². The first-order chi connectivity index (χ1) is 18.5. The van der Waals surface area contributed by atoms with Crippen molar-refractivity contribution in [2.45, 2.75) is 32.9 Å². The van der Waals surface area contributed by atoms with Crippen LogP contribution in [0.2, 0.25) is 5.02 Å². The van der Waals surface area contributed by atoms with Gasteiger partial charge in [0, 0.05) is 19.5 Å². The van der Waals surface area contributed by atoms with Gasteiger partial charge < -0.3 is 15.0 Å². The molecule has 10 heteroatoms. The van der Waals surface area contributed by atoms with Crippen LogP contribution in [-0.4, -0.2) is 57.6 Å². The molecule has 0 saturated carbocycles. The van der Waals surface area contributed by atoms with Gasteiger partial charge in [-0.25, -0.2) is 8.42 Å². The van der Waals surface area contributed by atoms with E-state index < -0.39 is 28.5 Å². The first-order valence-corrected chi connectivity index (χ1v) is 14.7. The van der Waals surface area contributed by atoms with Crippen molar-refractivity contribution in [2.24, 2.45) is 0 Å². The number of hydrogen-bond donors (Lipinski definition) is 1. The molecule has 0 aromatic heterocycles. The molecule has 0 saturated heterocycles. The first-order valence-electron chi connectivity index (χ1n) is 12.5. The van der Waals surface area contributed by atoms with Gasteiger partial charge in [-0.15, -0.1) is 0 Å². The van der Waals surface area contributed by atoms with Crippen LogP contribution in [0.5, 0.6) is 5.75 Å².